The minimum atomic E-state index is -0.484. The number of non-ortho nitro benzene ring substituents is 1. The maximum atomic E-state index is 12.1. The molecule has 0 aliphatic carbocycles. The predicted octanol–water partition coefficient (Wildman–Crippen LogP) is 4.07. The lowest BCUT2D eigenvalue weighted by atomic mass is 10.1. The van der Waals surface area contributed by atoms with Crippen LogP contribution in [0.1, 0.15) is 11.1 Å². The summed E-state index contributed by atoms with van der Waals surface area (Å²) >= 11 is 13.4. The maximum Gasteiger partial charge on any atom is 0.270 e. The van der Waals surface area contributed by atoms with Crippen molar-refractivity contribution in [2.75, 3.05) is 0 Å². The number of carbonyl (C=O) groups is 1. The van der Waals surface area contributed by atoms with E-state index in [4.69, 9.17) is 23.2 Å². The van der Waals surface area contributed by atoms with Crippen LogP contribution in [0, 0.1) is 10.1 Å². The number of benzene rings is 2. The minimum absolute atomic E-state index is 0.0337. The van der Waals surface area contributed by atoms with Crippen molar-refractivity contribution >= 4 is 57.9 Å². The van der Waals surface area contributed by atoms with E-state index in [1.54, 1.807) is 24.3 Å². The van der Waals surface area contributed by atoms with Crippen LogP contribution >= 0.6 is 35.0 Å². The van der Waals surface area contributed by atoms with E-state index in [9.17, 15) is 14.9 Å². The number of carbonyl (C=O) groups excluding carboxylic acids is 1. The monoisotopic (exact) mass is 422 g/mol. The summed E-state index contributed by atoms with van der Waals surface area (Å²) in [5, 5.41) is 22.1. The molecule has 1 fully saturated rings. The van der Waals surface area contributed by atoms with E-state index in [-0.39, 0.29) is 11.6 Å². The van der Waals surface area contributed by atoms with Crippen molar-refractivity contribution in [3.63, 3.8) is 0 Å². The predicted molar refractivity (Wildman–Crippen MR) is 108 cm³/mol. The zero-order valence-electron chi connectivity index (χ0n) is 13.6. The topological polar surface area (TPSA) is 97.0 Å². The molecule has 1 N–H and O–H groups in total. The molecular formula is C17H12Cl2N4O3S. The van der Waals surface area contributed by atoms with Gasteiger partial charge in [-0.05, 0) is 18.1 Å². The zero-order chi connectivity index (χ0) is 19.4. The first kappa shape index (κ1) is 19.3. The van der Waals surface area contributed by atoms with Gasteiger partial charge in [0.15, 0.2) is 5.17 Å². The fourth-order valence-electron chi connectivity index (χ4n) is 2.36. The van der Waals surface area contributed by atoms with Crippen molar-refractivity contribution in [3.05, 3.63) is 73.8 Å². The van der Waals surface area contributed by atoms with Crippen LogP contribution in [0.5, 0.6) is 0 Å². The van der Waals surface area contributed by atoms with E-state index in [2.05, 4.69) is 15.5 Å². The van der Waals surface area contributed by atoms with Gasteiger partial charge in [0.1, 0.15) is 0 Å². The van der Waals surface area contributed by atoms with Gasteiger partial charge in [-0.1, -0.05) is 59.2 Å². The SMILES string of the molecule is O=C1N/C(=N\N=Cc2cccc([N+](=O)[O-])c2)SC1Cc1cccc(Cl)c1Cl. The highest BCUT2D eigenvalue weighted by atomic mass is 35.5. The molecule has 27 heavy (non-hydrogen) atoms. The van der Waals surface area contributed by atoms with E-state index >= 15 is 0 Å². The highest BCUT2D eigenvalue weighted by Gasteiger charge is 2.31. The number of thioether (sulfide) groups is 1. The smallest absolute Gasteiger partial charge is 0.270 e. The Kier molecular flexibility index (Phi) is 6.10. The van der Waals surface area contributed by atoms with E-state index in [0.717, 1.165) is 5.56 Å². The fraction of sp³-hybridized carbons (Fsp3) is 0.118. The molecule has 1 atom stereocenters. The van der Waals surface area contributed by atoms with E-state index in [1.807, 2.05) is 6.07 Å². The molecule has 0 bridgehead atoms. The summed E-state index contributed by atoms with van der Waals surface area (Å²) in [5.41, 5.74) is 1.27. The highest BCUT2D eigenvalue weighted by molar-refractivity contribution is 8.15. The second kappa shape index (κ2) is 8.51. The number of nitrogens with one attached hydrogen (secondary N) is 1. The number of amides is 1. The Bertz CT molecular complexity index is 965. The molecule has 7 nitrogen and oxygen atoms in total. The van der Waals surface area contributed by atoms with Crippen molar-refractivity contribution in [1.29, 1.82) is 0 Å². The van der Waals surface area contributed by atoms with Gasteiger partial charge >= 0.3 is 0 Å². The molecule has 1 aliphatic rings. The van der Waals surface area contributed by atoms with Crippen LogP contribution in [0.2, 0.25) is 10.0 Å². The molecule has 1 amide bonds. The first-order valence-corrected chi connectivity index (χ1v) is 9.33. The lowest BCUT2D eigenvalue weighted by molar-refractivity contribution is -0.384. The Balaban J connectivity index is 1.67. The van der Waals surface area contributed by atoms with Gasteiger partial charge in [0.2, 0.25) is 5.91 Å². The Morgan fingerprint density at radius 2 is 2.04 bits per heavy atom. The largest absolute Gasteiger partial charge is 0.303 e. The highest BCUT2D eigenvalue weighted by Crippen LogP contribution is 2.30. The standard InChI is InChI=1S/C17H12Cl2N4O3S/c18-13-6-2-4-11(15(13)19)8-14-16(24)21-17(27-14)22-20-9-10-3-1-5-12(7-10)23(25)26/h1-7,9,14H,8H2,(H,21,22,24). The number of nitro benzene ring substituents is 1. The molecule has 10 heteroatoms. The third kappa shape index (κ3) is 4.85. The van der Waals surface area contributed by atoms with Crippen LogP contribution in [-0.4, -0.2) is 27.5 Å². The molecule has 1 heterocycles. The summed E-state index contributed by atoms with van der Waals surface area (Å²) in [5.74, 6) is -0.194. The summed E-state index contributed by atoms with van der Waals surface area (Å²) in [6.07, 6.45) is 1.79. The lowest BCUT2D eigenvalue weighted by Crippen LogP contribution is -2.26. The summed E-state index contributed by atoms with van der Waals surface area (Å²) in [6, 6.07) is 11.3. The summed E-state index contributed by atoms with van der Waals surface area (Å²) in [7, 11) is 0. The van der Waals surface area contributed by atoms with Gasteiger partial charge in [0.25, 0.3) is 5.69 Å². The van der Waals surface area contributed by atoms with Gasteiger partial charge in [-0.3, -0.25) is 14.9 Å². The van der Waals surface area contributed by atoms with Gasteiger partial charge in [0, 0.05) is 17.7 Å². The molecule has 0 aromatic heterocycles. The van der Waals surface area contributed by atoms with Crippen LogP contribution in [0.4, 0.5) is 5.69 Å². The molecule has 0 radical (unpaired) electrons. The van der Waals surface area contributed by atoms with Gasteiger partial charge in [-0.2, -0.15) is 5.10 Å². The number of halogens is 2. The molecule has 1 aliphatic heterocycles. The van der Waals surface area contributed by atoms with Crippen molar-refractivity contribution in [2.24, 2.45) is 10.2 Å². The molecule has 0 spiro atoms. The third-order valence-corrected chi connectivity index (χ3v) is 5.58. The van der Waals surface area contributed by atoms with E-state index in [0.29, 0.717) is 27.2 Å². The average Bonchev–Trinajstić information content (AvgIpc) is 2.98. The summed E-state index contributed by atoms with van der Waals surface area (Å²) < 4.78 is 0. The lowest BCUT2D eigenvalue weighted by Gasteiger charge is -2.08. The number of amidine groups is 1. The normalized spacial score (nSPS) is 18.2. The van der Waals surface area contributed by atoms with Gasteiger partial charge in [0.05, 0.1) is 26.4 Å². The molecule has 2 aromatic rings. The minimum Gasteiger partial charge on any atom is -0.303 e. The van der Waals surface area contributed by atoms with Gasteiger partial charge in [-0.15, -0.1) is 5.10 Å². The number of hydrogen-bond acceptors (Lipinski definition) is 6. The summed E-state index contributed by atoms with van der Waals surface area (Å²) in [4.78, 5) is 22.4. The molecule has 1 saturated heterocycles. The van der Waals surface area contributed by atoms with E-state index in [1.165, 1.54) is 30.1 Å². The van der Waals surface area contributed by atoms with Crippen LogP contribution in [0.3, 0.4) is 0 Å². The molecule has 138 valence electrons. The van der Waals surface area contributed by atoms with E-state index < -0.39 is 10.2 Å². The summed E-state index contributed by atoms with van der Waals surface area (Å²) in [6.45, 7) is 0. The second-order valence-corrected chi connectivity index (χ2v) is 7.49. The van der Waals surface area contributed by atoms with Gasteiger partial charge < -0.3 is 5.32 Å². The number of hydrogen-bond donors (Lipinski definition) is 1. The Morgan fingerprint density at radius 3 is 2.81 bits per heavy atom. The first-order chi connectivity index (χ1) is 12.9. The number of nitro groups is 1. The van der Waals surface area contributed by atoms with Crippen LogP contribution in [0.25, 0.3) is 0 Å². The first-order valence-electron chi connectivity index (χ1n) is 7.70. The van der Waals surface area contributed by atoms with Crippen LogP contribution < -0.4 is 5.32 Å². The number of nitrogens with zero attached hydrogens (tertiary/aromatic N) is 3. The average molecular weight is 423 g/mol. The van der Waals surface area contributed by atoms with Crippen molar-refractivity contribution in [3.8, 4) is 0 Å². The van der Waals surface area contributed by atoms with Crippen LogP contribution in [-0.2, 0) is 11.2 Å². The Hall–Kier alpha value is -2.42. The second-order valence-electron chi connectivity index (χ2n) is 5.51. The Morgan fingerprint density at radius 1 is 1.26 bits per heavy atom. The molecule has 0 saturated carbocycles. The molecule has 3 rings (SSSR count). The molecule has 2 aromatic carbocycles. The molecular weight excluding hydrogens is 411 g/mol. The quantitative estimate of drug-likeness (QED) is 0.446. The molecule has 1 unspecified atom stereocenters. The Labute approximate surface area is 168 Å². The van der Waals surface area contributed by atoms with Crippen molar-refractivity contribution in [1.82, 2.24) is 5.32 Å². The number of rotatable bonds is 5. The maximum absolute atomic E-state index is 12.1. The van der Waals surface area contributed by atoms with Crippen molar-refractivity contribution < 1.29 is 9.72 Å². The van der Waals surface area contributed by atoms with Gasteiger partial charge in [-0.25, -0.2) is 0 Å². The van der Waals surface area contributed by atoms with Crippen LogP contribution in [0.15, 0.2) is 52.7 Å². The van der Waals surface area contributed by atoms with Crippen molar-refractivity contribution in [2.45, 2.75) is 11.7 Å². The third-order valence-electron chi connectivity index (χ3n) is 3.65. The fourth-order valence-corrected chi connectivity index (χ4v) is 3.71. The zero-order valence-corrected chi connectivity index (χ0v) is 16.0.